The van der Waals surface area contributed by atoms with Gasteiger partial charge in [0.1, 0.15) is 6.10 Å². The van der Waals surface area contributed by atoms with E-state index in [1.54, 1.807) is 6.92 Å². The van der Waals surface area contributed by atoms with E-state index in [9.17, 15) is 4.79 Å². The van der Waals surface area contributed by atoms with E-state index >= 15 is 0 Å². The lowest BCUT2D eigenvalue weighted by atomic mass is 9.51. The summed E-state index contributed by atoms with van der Waals surface area (Å²) in [6, 6.07) is 0.0124. The maximum atomic E-state index is 12.3. The van der Waals surface area contributed by atoms with Crippen LogP contribution in [0.2, 0.25) is 18.1 Å². The van der Waals surface area contributed by atoms with Crippen molar-refractivity contribution < 1.29 is 14.0 Å². The van der Waals surface area contributed by atoms with Crippen LogP contribution in [0.1, 0.15) is 86.5 Å². The molecule has 34 heavy (non-hydrogen) atoms. The van der Waals surface area contributed by atoms with Crippen LogP contribution in [0.15, 0.2) is 17.3 Å². The molecule has 0 N–H and O–H groups in total. The van der Waals surface area contributed by atoms with Gasteiger partial charge in [-0.25, -0.2) is 0 Å². The standard InChI is InChI=1S/C27H47N3O3Si/c1-18-10-11-22-24(33-19(2)31)23(13-15-26(18,22)6)27(7)14-12-21(29-30-28)16-20(27)17-32-34(8,9)25(3,4)5/h20-24H,1,10-17H2,2-9H3/t20-,21+,22?,23?,24+,26-,27+/m1/s1. The Morgan fingerprint density at radius 2 is 1.88 bits per heavy atom. The number of carbonyl (C=O) groups is 1. The molecular formula is C27H47N3O3Si. The van der Waals surface area contributed by atoms with Crippen molar-refractivity contribution in [2.24, 2.45) is 33.7 Å². The third-order valence-corrected chi connectivity index (χ3v) is 15.0. The smallest absolute Gasteiger partial charge is 0.302 e. The van der Waals surface area contributed by atoms with Gasteiger partial charge in [-0.05, 0) is 85.4 Å². The Bertz CT molecular complexity index is 847. The largest absolute Gasteiger partial charge is 0.462 e. The van der Waals surface area contributed by atoms with Crippen molar-refractivity contribution in [3.8, 4) is 0 Å². The molecule has 0 aliphatic heterocycles. The molecule has 0 amide bonds. The van der Waals surface area contributed by atoms with Crippen LogP contribution in [0.25, 0.3) is 10.4 Å². The Morgan fingerprint density at radius 3 is 2.47 bits per heavy atom. The first-order chi connectivity index (χ1) is 15.7. The lowest BCUT2D eigenvalue weighted by molar-refractivity contribution is -0.172. The van der Waals surface area contributed by atoms with Crippen molar-refractivity contribution in [3.05, 3.63) is 22.6 Å². The van der Waals surface area contributed by atoms with E-state index in [4.69, 9.17) is 14.7 Å². The molecule has 7 atom stereocenters. The summed E-state index contributed by atoms with van der Waals surface area (Å²) in [6.07, 6.45) is 6.81. The highest BCUT2D eigenvalue weighted by atomic mass is 28.4. The summed E-state index contributed by atoms with van der Waals surface area (Å²) in [5.74, 6) is 0.691. The monoisotopic (exact) mass is 489 g/mol. The summed E-state index contributed by atoms with van der Waals surface area (Å²) in [4.78, 5) is 15.4. The summed E-state index contributed by atoms with van der Waals surface area (Å²) in [5.41, 5.74) is 10.5. The van der Waals surface area contributed by atoms with E-state index in [0.29, 0.717) is 12.5 Å². The molecule has 0 heterocycles. The Kier molecular flexibility index (Phi) is 7.73. The molecule has 3 saturated carbocycles. The third-order valence-electron chi connectivity index (χ3n) is 10.5. The average molecular weight is 490 g/mol. The van der Waals surface area contributed by atoms with Crippen LogP contribution >= 0.6 is 0 Å². The fourth-order valence-corrected chi connectivity index (χ4v) is 7.94. The van der Waals surface area contributed by atoms with Crippen LogP contribution in [0.3, 0.4) is 0 Å². The van der Waals surface area contributed by atoms with Crippen LogP contribution in [0.4, 0.5) is 0 Å². The molecule has 2 unspecified atom stereocenters. The summed E-state index contributed by atoms with van der Waals surface area (Å²) in [5, 5.41) is 4.26. The minimum Gasteiger partial charge on any atom is -0.462 e. The first kappa shape index (κ1) is 27.3. The second-order valence-corrected chi connectivity index (χ2v) is 18.1. The summed E-state index contributed by atoms with van der Waals surface area (Å²) < 4.78 is 12.9. The first-order valence-corrected chi connectivity index (χ1v) is 16.1. The molecule has 0 bridgehead atoms. The molecule has 0 saturated heterocycles. The second-order valence-electron chi connectivity index (χ2n) is 13.3. The van der Waals surface area contributed by atoms with E-state index in [1.165, 1.54) is 5.57 Å². The topological polar surface area (TPSA) is 84.3 Å². The lowest BCUT2D eigenvalue weighted by Gasteiger charge is -2.56. The zero-order valence-corrected chi connectivity index (χ0v) is 23.8. The Labute approximate surface area is 208 Å². The normalized spacial score (nSPS) is 38.7. The van der Waals surface area contributed by atoms with E-state index < -0.39 is 8.32 Å². The number of allylic oxidation sites excluding steroid dienone is 1. The molecule has 0 aromatic heterocycles. The van der Waals surface area contributed by atoms with Crippen molar-refractivity contribution in [1.82, 2.24) is 0 Å². The van der Waals surface area contributed by atoms with Gasteiger partial charge in [0.25, 0.3) is 0 Å². The van der Waals surface area contributed by atoms with Gasteiger partial charge in [0.05, 0.1) is 0 Å². The van der Waals surface area contributed by atoms with Gasteiger partial charge in [-0.2, -0.15) is 0 Å². The molecule has 0 aromatic carbocycles. The zero-order chi connectivity index (χ0) is 25.5. The van der Waals surface area contributed by atoms with Crippen molar-refractivity contribution >= 4 is 14.3 Å². The van der Waals surface area contributed by atoms with Gasteiger partial charge in [0.15, 0.2) is 8.32 Å². The lowest BCUT2D eigenvalue weighted by Crippen LogP contribution is -2.55. The van der Waals surface area contributed by atoms with Crippen molar-refractivity contribution in [2.75, 3.05) is 6.61 Å². The molecule has 0 spiro atoms. The highest BCUT2D eigenvalue weighted by Gasteiger charge is 2.58. The molecule has 0 radical (unpaired) electrons. The second kappa shape index (κ2) is 9.63. The molecule has 3 aliphatic rings. The average Bonchev–Trinajstić information content (AvgIpc) is 3.02. The molecule has 3 rings (SSSR count). The molecule has 7 heteroatoms. The quantitative estimate of drug-likeness (QED) is 0.0952. The maximum absolute atomic E-state index is 12.3. The van der Waals surface area contributed by atoms with Crippen molar-refractivity contribution in [3.63, 3.8) is 0 Å². The number of rotatable bonds is 6. The van der Waals surface area contributed by atoms with Crippen LogP contribution in [0.5, 0.6) is 0 Å². The van der Waals surface area contributed by atoms with Gasteiger partial charge < -0.3 is 9.16 Å². The number of azide groups is 1. The first-order valence-electron chi connectivity index (χ1n) is 13.2. The Hall–Kier alpha value is -1.30. The number of hydrogen-bond donors (Lipinski definition) is 0. The van der Waals surface area contributed by atoms with Gasteiger partial charge in [-0.15, -0.1) is 0 Å². The van der Waals surface area contributed by atoms with E-state index in [2.05, 4.69) is 64.3 Å². The SMILES string of the molecule is C=C1CCC2[C@H](OC(C)=O)C([C@@]3(C)CC[C@H](N=[N+]=[N-])C[C@@H]3CO[Si](C)(C)C(C)(C)C)CC[C@]12C. The maximum Gasteiger partial charge on any atom is 0.302 e. The third kappa shape index (κ3) is 4.98. The summed E-state index contributed by atoms with van der Waals surface area (Å²) >= 11 is 0. The van der Waals surface area contributed by atoms with Crippen LogP contribution in [-0.2, 0) is 14.0 Å². The molecular weight excluding hydrogens is 442 g/mol. The van der Waals surface area contributed by atoms with Gasteiger partial charge in [0.2, 0.25) is 0 Å². The van der Waals surface area contributed by atoms with Crippen molar-refractivity contribution in [1.29, 1.82) is 0 Å². The van der Waals surface area contributed by atoms with Gasteiger partial charge >= 0.3 is 5.97 Å². The number of fused-ring (bicyclic) bond motifs is 1. The Morgan fingerprint density at radius 1 is 1.21 bits per heavy atom. The molecule has 0 aromatic rings. The molecule has 192 valence electrons. The summed E-state index contributed by atoms with van der Waals surface area (Å²) in [6.45, 7) is 22.8. The molecule has 3 fully saturated rings. The van der Waals surface area contributed by atoms with Gasteiger partial charge in [-0.1, -0.05) is 51.9 Å². The van der Waals surface area contributed by atoms with Gasteiger partial charge in [0, 0.05) is 36.3 Å². The van der Waals surface area contributed by atoms with Gasteiger partial charge in [-0.3, -0.25) is 4.79 Å². The van der Waals surface area contributed by atoms with Crippen molar-refractivity contribution in [2.45, 2.75) is 117 Å². The minimum absolute atomic E-state index is 0.0124. The number of carbonyl (C=O) groups excluding carboxylic acids is 1. The molecule has 3 aliphatic carbocycles. The fraction of sp³-hybridized carbons (Fsp3) is 0.889. The fourth-order valence-electron chi connectivity index (χ4n) is 6.89. The predicted octanol–water partition coefficient (Wildman–Crippen LogP) is 7.81. The highest BCUT2D eigenvalue weighted by Crippen LogP contribution is 2.62. The molecule has 6 nitrogen and oxygen atoms in total. The number of hydrogen-bond acceptors (Lipinski definition) is 4. The van der Waals surface area contributed by atoms with E-state index in [0.717, 1.165) is 44.9 Å². The van der Waals surface area contributed by atoms with Crippen LogP contribution in [0, 0.1) is 28.6 Å². The predicted molar refractivity (Wildman–Crippen MR) is 140 cm³/mol. The minimum atomic E-state index is -1.93. The van der Waals surface area contributed by atoms with E-state index in [1.807, 2.05) is 0 Å². The van der Waals surface area contributed by atoms with E-state index in [-0.39, 0.29) is 45.8 Å². The van der Waals surface area contributed by atoms with Crippen LogP contribution in [-0.4, -0.2) is 33.0 Å². The van der Waals surface area contributed by atoms with Crippen LogP contribution < -0.4 is 0 Å². The summed E-state index contributed by atoms with van der Waals surface area (Å²) in [7, 11) is -1.93. The number of esters is 1. The zero-order valence-electron chi connectivity index (χ0n) is 22.8. The number of nitrogens with zero attached hydrogens (tertiary/aromatic N) is 3. The Balaban J connectivity index is 1.94. The highest BCUT2D eigenvalue weighted by molar-refractivity contribution is 6.74. The number of ether oxygens (including phenoxy) is 1.